The third kappa shape index (κ3) is 4.69. The molecule has 0 bridgehead atoms. The molecular weight excluding hydrogens is 462 g/mol. The van der Waals surface area contributed by atoms with Gasteiger partial charge in [0.1, 0.15) is 5.75 Å². The minimum Gasteiger partial charge on any atom is -0.507 e. The molecule has 0 amide bonds. The van der Waals surface area contributed by atoms with Gasteiger partial charge in [-0.1, -0.05) is 27.7 Å². The van der Waals surface area contributed by atoms with Crippen LogP contribution in [0.25, 0.3) is 0 Å². The van der Waals surface area contributed by atoms with Crippen LogP contribution in [0, 0.1) is 0 Å². The standard InChI is InChI=1S/C18H14BrN5O4S/c19-12-2-3-13(25)11(5-12)7-20-22-17-21-18(24-23-17)29-8-14(26)10-1-4-15-16(6-10)28-9-27-15/h1-7,25H,8-9H2,(H2,21,22,23,24). The minimum atomic E-state index is -0.0734. The smallest absolute Gasteiger partial charge is 0.240 e. The maximum Gasteiger partial charge on any atom is 0.240 e. The highest BCUT2D eigenvalue weighted by atomic mass is 79.9. The zero-order valence-electron chi connectivity index (χ0n) is 14.8. The molecule has 0 spiro atoms. The summed E-state index contributed by atoms with van der Waals surface area (Å²) in [5.74, 6) is 1.72. The normalized spacial score (nSPS) is 12.4. The van der Waals surface area contributed by atoms with E-state index in [1.165, 1.54) is 18.0 Å². The number of nitrogens with zero attached hydrogens (tertiary/aromatic N) is 3. The Bertz CT molecular complexity index is 1090. The number of hydrogen-bond donors (Lipinski definition) is 3. The second kappa shape index (κ2) is 8.53. The van der Waals surface area contributed by atoms with Crippen LogP contribution in [0.5, 0.6) is 17.2 Å². The van der Waals surface area contributed by atoms with E-state index >= 15 is 0 Å². The van der Waals surface area contributed by atoms with E-state index in [4.69, 9.17) is 9.47 Å². The van der Waals surface area contributed by atoms with Crippen molar-refractivity contribution in [2.45, 2.75) is 5.16 Å². The molecule has 9 nitrogen and oxygen atoms in total. The van der Waals surface area contributed by atoms with E-state index in [9.17, 15) is 9.90 Å². The number of carbonyl (C=O) groups is 1. The van der Waals surface area contributed by atoms with Gasteiger partial charge in [-0.05, 0) is 36.4 Å². The summed E-state index contributed by atoms with van der Waals surface area (Å²) in [7, 11) is 0. The summed E-state index contributed by atoms with van der Waals surface area (Å²) in [6, 6.07) is 10.1. The fraction of sp³-hybridized carbons (Fsp3) is 0.111. The molecule has 0 radical (unpaired) electrons. The van der Waals surface area contributed by atoms with E-state index in [1.54, 1.807) is 36.4 Å². The number of thioether (sulfide) groups is 1. The summed E-state index contributed by atoms with van der Waals surface area (Å²) in [4.78, 5) is 16.6. The Balaban J connectivity index is 1.31. The highest BCUT2D eigenvalue weighted by Gasteiger charge is 2.17. The van der Waals surface area contributed by atoms with Crippen molar-refractivity contribution >= 4 is 45.6 Å². The predicted molar refractivity (Wildman–Crippen MR) is 111 cm³/mol. The number of nitrogens with one attached hydrogen (secondary N) is 2. The number of aromatic nitrogens is 3. The van der Waals surface area contributed by atoms with E-state index in [0.717, 1.165) is 4.47 Å². The van der Waals surface area contributed by atoms with Crippen molar-refractivity contribution in [1.82, 2.24) is 15.2 Å². The lowest BCUT2D eigenvalue weighted by Gasteiger charge is -2.01. The van der Waals surface area contributed by atoms with Crippen molar-refractivity contribution in [2.75, 3.05) is 18.0 Å². The van der Waals surface area contributed by atoms with E-state index in [2.05, 4.69) is 41.6 Å². The molecule has 29 heavy (non-hydrogen) atoms. The molecule has 1 aliphatic heterocycles. The van der Waals surface area contributed by atoms with Crippen LogP contribution in [0.1, 0.15) is 15.9 Å². The number of hydrogen-bond acceptors (Lipinski definition) is 9. The number of benzene rings is 2. The molecule has 2 heterocycles. The number of rotatable bonds is 7. The summed E-state index contributed by atoms with van der Waals surface area (Å²) < 4.78 is 11.3. The Kier molecular flexibility index (Phi) is 5.67. The third-order valence-electron chi connectivity index (χ3n) is 3.86. The van der Waals surface area contributed by atoms with E-state index in [1.807, 2.05) is 0 Å². The van der Waals surface area contributed by atoms with Gasteiger partial charge >= 0.3 is 0 Å². The van der Waals surface area contributed by atoms with Gasteiger partial charge < -0.3 is 14.6 Å². The molecule has 0 saturated carbocycles. The maximum atomic E-state index is 12.4. The van der Waals surface area contributed by atoms with Crippen LogP contribution >= 0.6 is 27.7 Å². The Morgan fingerprint density at radius 2 is 2.17 bits per heavy atom. The van der Waals surface area contributed by atoms with Gasteiger partial charge in [-0.2, -0.15) is 10.1 Å². The molecule has 1 aliphatic rings. The summed E-state index contributed by atoms with van der Waals surface area (Å²) in [5, 5.41) is 20.9. The average molecular weight is 476 g/mol. The number of fused-ring (bicyclic) bond motifs is 1. The molecule has 0 atom stereocenters. The van der Waals surface area contributed by atoms with Crippen LogP contribution in [0.15, 0.2) is 51.1 Å². The van der Waals surface area contributed by atoms with Crippen LogP contribution < -0.4 is 14.9 Å². The van der Waals surface area contributed by atoms with Gasteiger partial charge in [-0.3, -0.25) is 4.79 Å². The monoisotopic (exact) mass is 475 g/mol. The molecule has 0 fully saturated rings. The molecular formula is C18H14BrN5O4S. The van der Waals surface area contributed by atoms with Crippen LogP contribution in [-0.4, -0.2) is 44.8 Å². The third-order valence-corrected chi connectivity index (χ3v) is 5.20. The van der Waals surface area contributed by atoms with Crippen molar-refractivity contribution in [3.05, 3.63) is 52.0 Å². The van der Waals surface area contributed by atoms with Crippen LogP contribution in [0.3, 0.4) is 0 Å². The number of H-pyrrole nitrogens is 1. The van der Waals surface area contributed by atoms with Crippen molar-refractivity contribution in [2.24, 2.45) is 5.10 Å². The summed E-state index contributed by atoms with van der Waals surface area (Å²) in [5.41, 5.74) is 3.77. The Morgan fingerprint density at radius 3 is 3.07 bits per heavy atom. The summed E-state index contributed by atoms with van der Waals surface area (Å²) in [6.07, 6.45) is 1.46. The molecule has 4 rings (SSSR count). The first-order chi connectivity index (χ1) is 14.1. The highest BCUT2D eigenvalue weighted by Crippen LogP contribution is 2.33. The number of aromatic amines is 1. The predicted octanol–water partition coefficient (Wildman–Crippen LogP) is 3.42. The Labute approximate surface area is 177 Å². The molecule has 1 aromatic heterocycles. The van der Waals surface area contributed by atoms with Gasteiger partial charge in [0.05, 0.1) is 12.0 Å². The fourth-order valence-corrected chi connectivity index (χ4v) is 3.51. The number of hydrazone groups is 1. The van der Waals surface area contributed by atoms with Gasteiger partial charge in [0.25, 0.3) is 0 Å². The number of carbonyl (C=O) groups excluding carboxylic acids is 1. The van der Waals surface area contributed by atoms with E-state index in [0.29, 0.717) is 33.7 Å². The number of phenolic OH excluding ortho intramolecular Hbond substituents is 1. The number of phenols is 1. The van der Waals surface area contributed by atoms with Crippen LogP contribution in [0.4, 0.5) is 5.95 Å². The zero-order valence-corrected chi connectivity index (χ0v) is 17.2. The highest BCUT2D eigenvalue weighted by molar-refractivity contribution is 9.10. The van der Waals surface area contributed by atoms with Gasteiger partial charge in [0.15, 0.2) is 17.3 Å². The topological polar surface area (TPSA) is 122 Å². The van der Waals surface area contributed by atoms with Gasteiger partial charge in [-0.25, -0.2) is 10.5 Å². The molecule has 148 valence electrons. The number of halogens is 1. The molecule has 0 unspecified atom stereocenters. The maximum absolute atomic E-state index is 12.4. The molecule has 0 saturated heterocycles. The van der Waals surface area contributed by atoms with Crippen molar-refractivity contribution in [3.8, 4) is 17.2 Å². The lowest BCUT2D eigenvalue weighted by atomic mass is 10.1. The van der Waals surface area contributed by atoms with Crippen LogP contribution in [-0.2, 0) is 0 Å². The zero-order chi connectivity index (χ0) is 20.2. The van der Waals surface area contributed by atoms with E-state index < -0.39 is 0 Å². The van der Waals surface area contributed by atoms with Crippen molar-refractivity contribution in [3.63, 3.8) is 0 Å². The molecule has 3 aromatic rings. The second-order valence-electron chi connectivity index (χ2n) is 5.82. The number of aromatic hydroxyl groups is 1. The lowest BCUT2D eigenvalue weighted by molar-refractivity contribution is 0.102. The SMILES string of the molecule is O=C(CSc1n[nH]c(NN=Cc2cc(Br)ccc2O)n1)c1ccc2c(c1)OCO2. The average Bonchev–Trinajstić information content (AvgIpc) is 3.37. The minimum absolute atomic E-state index is 0.0734. The number of Topliss-reactive ketones (excluding diaryl/α,β-unsaturated/α-hetero) is 1. The second-order valence-corrected chi connectivity index (χ2v) is 7.68. The fourth-order valence-electron chi connectivity index (χ4n) is 2.44. The summed E-state index contributed by atoms with van der Waals surface area (Å²) >= 11 is 4.53. The first-order valence-corrected chi connectivity index (χ1v) is 10.1. The molecule has 0 aliphatic carbocycles. The largest absolute Gasteiger partial charge is 0.507 e. The first kappa shape index (κ1) is 19.3. The quantitative estimate of drug-likeness (QED) is 0.205. The van der Waals surface area contributed by atoms with Crippen molar-refractivity contribution in [1.29, 1.82) is 0 Å². The molecule has 2 aromatic carbocycles. The van der Waals surface area contributed by atoms with Gasteiger partial charge in [0, 0.05) is 15.6 Å². The Morgan fingerprint density at radius 1 is 1.31 bits per heavy atom. The molecule has 11 heteroatoms. The lowest BCUT2D eigenvalue weighted by Crippen LogP contribution is -2.02. The molecule has 3 N–H and O–H groups in total. The van der Waals surface area contributed by atoms with Gasteiger partial charge in [-0.15, -0.1) is 5.10 Å². The first-order valence-electron chi connectivity index (χ1n) is 8.34. The number of anilines is 1. The van der Waals surface area contributed by atoms with Crippen molar-refractivity contribution < 1.29 is 19.4 Å². The number of ether oxygens (including phenoxy) is 2. The van der Waals surface area contributed by atoms with Crippen LogP contribution in [0.2, 0.25) is 0 Å². The number of ketones is 1. The van der Waals surface area contributed by atoms with Gasteiger partial charge in [0.2, 0.25) is 17.9 Å². The summed E-state index contributed by atoms with van der Waals surface area (Å²) in [6.45, 7) is 0.165. The van der Waals surface area contributed by atoms with E-state index in [-0.39, 0.29) is 24.1 Å². The Hall–Kier alpha value is -3.05.